The van der Waals surface area contributed by atoms with Crippen molar-refractivity contribution in [1.82, 2.24) is 0 Å². The molecular weight excluding hydrogens is 291 g/mol. The van der Waals surface area contributed by atoms with Crippen LogP contribution in [0.1, 0.15) is 23.1 Å². The van der Waals surface area contributed by atoms with Crippen molar-refractivity contribution in [2.45, 2.75) is 32.3 Å². The van der Waals surface area contributed by atoms with Crippen molar-refractivity contribution in [3.8, 4) is 0 Å². The van der Waals surface area contributed by atoms with Crippen LogP contribution in [-0.4, -0.2) is 11.2 Å². The van der Waals surface area contributed by atoms with Gasteiger partial charge in [-0.25, -0.2) is 0 Å². The topological polar surface area (TPSA) is 20.2 Å². The second-order valence-corrected chi connectivity index (χ2v) is 5.90. The zero-order valence-electron chi connectivity index (χ0n) is 11.4. The zero-order chi connectivity index (χ0) is 14.5. The summed E-state index contributed by atoms with van der Waals surface area (Å²) < 4.78 is 0. The summed E-state index contributed by atoms with van der Waals surface area (Å²) in [6, 6.07) is 13.8. The van der Waals surface area contributed by atoms with Crippen LogP contribution in [0.3, 0.4) is 0 Å². The van der Waals surface area contributed by atoms with Gasteiger partial charge in [0, 0.05) is 16.5 Å². The lowest BCUT2D eigenvalue weighted by Crippen LogP contribution is -2.12. The van der Waals surface area contributed by atoms with E-state index < -0.39 is 6.10 Å². The standard InChI is InChI=1S/C17H18Cl2O/c1-12-5-7-13(8-6-12)9-10-14(20)11-15-16(18)3-2-4-17(15)19/h2-8,14,20H,9-11H2,1H3. The summed E-state index contributed by atoms with van der Waals surface area (Å²) in [5, 5.41) is 11.4. The van der Waals surface area contributed by atoms with E-state index in [2.05, 4.69) is 31.2 Å². The molecule has 2 aromatic rings. The molecule has 1 unspecified atom stereocenters. The monoisotopic (exact) mass is 308 g/mol. The van der Waals surface area contributed by atoms with Crippen LogP contribution < -0.4 is 0 Å². The first-order valence-corrected chi connectivity index (χ1v) is 7.48. The Labute approximate surface area is 130 Å². The van der Waals surface area contributed by atoms with E-state index in [0.29, 0.717) is 22.9 Å². The Bertz CT molecular complexity index is 543. The number of hydrogen-bond acceptors (Lipinski definition) is 1. The lowest BCUT2D eigenvalue weighted by Gasteiger charge is -2.13. The van der Waals surface area contributed by atoms with Crippen molar-refractivity contribution in [3.63, 3.8) is 0 Å². The van der Waals surface area contributed by atoms with Gasteiger partial charge in [0.1, 0.15) is 0 Å². The molecule has 3 heteroatoms. The smallest absolute Gasteiger partial charge is 0.0584 e. The predicted molar refractivity (Wildman–Crippen MR) is 85.7 cm³/mol. The van der Waals surface area contributed by atoms with E-state index in [9.17, 15) is 5.11 Å². The highest BCUT2D eigenvalue weighted by molar-refractivity contribution is 6.35. The maximum atomic E-state index is 10.2. The van der Waals surface area contributed by atoms with E-state index in [4.69, 9.17) is 23.2 Å². The van der Waals surface area contributed by atoms with E-state index in [1.807, 2.05) is 6.07 Å². The van der Waals surface area contributed by atoms with E-state index >= 15 is 0 Å². The van der Waals surface area contributed by atoms with Crippen LogP contribution in [0.4, 0.5) is 0 Å². The van der Waals surface area contributed by atoms with Crippen LogP contribution in [0.15, 0.2) is 42.5 Å². The number of aryl methyl sites for hydroxylation is 2. The molecule has 1 atom stereocenters. The molecular formula is C17H18Cl2O. The Morgan fingerprint density at radius 3 is 2.20 bits per heavy atom. The lowest BCUT2D eigenvalue weighted by atomic mass is 10.0. The van der Waals surface area contributed by atoms with Crippen LogP contribution >= 0.6 is 23.2 Å². The van der Waals surface area contributed by atoms with E-state index in [0.717, 1.165) is 12.0 Å². The molecule has 0 aliphatic rings. The quantitative estimate of drug-likeness (QED) is 0.838. The largest absolute Gasteiger partial charge is 0.393 e. The summed E-state index contributed by atoms with van der Waals surface area (Å²) in [6.07, 6.45) is 1.60. The first kappa shape index (κ1) is 15.4. The molecule has 0 aliphatic carbocycles. The molecule has 0 radical (unpaired) electrons. The van der Waals surface area contributed by atoms with Gasteiger partial charge < -0.3 is 5.11 Å². The third-order valence-electron chi connectivity index (χ3n) is 3.39. The number of aliphatic hydroxyl groups is 1. The van der Waals surface area contributed by atoms with Crippen LogP contribution in [0.5, 0.6) is 0 Å². The van der Waals surface area contributed by atoms with Crippen LogP contribution in [0.25, 0.3) is 0 Å². The number of benzene rings is 2. The molecule has 0 bridgehead atoms. The van der Waals surface area contributed by atoms with Gasteiger partial charge in [0.2, 0.25) is 0 Å². The number of hydrogen-bond donors (Lipinski definition) is 1. The van der Waals surface area contributed by atoms with E-state index in [-0.39, 0.29) is 0 Å². The summed E-state index contributed by atoms with van der Waals surface area (Å²) >= 11 is 12.2. The fraction of sp³-hybridized carbons (Fsp3) is 0.294. The highest BCUT2D eigenvalue weighted by Crippen LogP contribution is 2.26. The summed E-state index contributed by atoms with van der Waals surface area (Å²) in [5.41, 5.74) is 3.31. The molecule has 1 N–H and O–H groups in total. The van der Waals surface area contributed by atoms with Crippen molar-refractivity contribution in [3.05, 3.63) is 69.2 Å². The Kier molecular flexibility index (Phi) is 5.47. The Morgan fingerprint density at radius 1 is 1.00 bits per heavy atom. The Balaban J connectivity index is 1.92. The first-order chi connectivity index (χ1) is 9.56. The van der Waals surface area contributed by atoms with Crippen molar-refractivity contribution in [2.24, 2.45) is 0 Å². The summed E-state index contributed by atoms with van der Waals surface area (Å²) in [4.78, 5) is 0. The molecule has 0 fully saturated rings. The third kappa shape index (κ3) is 4.24. The lowest BCUT2D eigenvalue weighted by molar-refractivity contribution is 0.165. The van der Waals surface area contributed by atoms with Gasteiger partial charge in [0.05, 0.1) is 6.10 Å². The molecule has 0 aromatic heterocycles. The van der Waals surface area contributed by atoms with Crippen LogP contribution in [0.2, 0.25) is 10.0 Å². The van der Waals surface area contributed by atoms with Gasteiger partial charge in [-0.2, -0.15) is 0 Å². The van der Waals surface area contributed by atoms with Crippen molar-refractivity contribution < 1.29 is 5.11 Å². The number of rotatable bonds is 5. The van der Waals surface area contributed by atoms with Gasteiger partial charge in [-0.1, -0.05) is 59.1 Å². The van der Waals surface area contributed by atoms with E-state index in [1.165, 1.54) is 11.1 Å². The molecule has 2 aromatic carbocycles. The summed E-state index contributed by atoms with van der Waals surface area (Å²) in [7, 11) is 0. The average Bonchev–Trinajstić information content (AvgIpc) is 2.42. The first-order valence-electron chi connectivity index (χ1n) is 6.73. The fourth-order valence-electron chi connectivity index (χ4n) is 2.15. The van der Waals surface area contributed by atoms with Crippen molar-refractivity contribution in [1.29, 1.82) is 0 Å². The van der Waals surface area contributed by atoms with Crippen molar-refractivity contribution in [2.75, 3.05) is 0 Å². The molecule has 20 heavy (non-hydrogen) atoms. The van der Waals surface area contributed by atoms with Gasteiger partial charge in [-0.05, 0) is 43.0 Å². The molecule has 0 amide bonds. The molecule has 2 rings (SSSR count). The normalized spacial score (nSPS) is 12.4. The van der Waals surface area contributed by atoms with Gasteiger partial charge in [0.25, 0.3) is 0 Å². The molecule has 0 saturated carbocycles. The highest BCUT2D eigenvalue weighted by atomic mass is 35.5. The summed E-state index contributed by atoms with van der Waals surface area (Å²) in [6.45, 7) is 2.07. The third-order valence-corrected chi connectivity index (χ3v) is 4.10. The van der Waals surface area contributed by atoms with Gasteiger partial charge in [0.15, 0.2) is 0 Å². The molecule has 106 valence electrons. The molecule has 0 aliphatic heterocycles. The van der Waals surface area contributed by atoms with Gasteiger partial charge in [-0.15, -0.1) is 0 Å². The maximum Gasteiger partial charge on any atom is 0.0584 e. The molecule has 1 nitrogen and oxygen atoms in total. The van der Waals surface area contributed by atoms with Crippen LogP contribution in [0, 0.1) is 6.92 Å². The summed E-state index contributed by atoms with van der Waals surface area (Å²) in [5.74, 6) is 0. The van der Waals surface area contributed by atoms with E-state index in [1.54, 1.807) is 12.1 Å². The number of halogens is 2. The molecule has 0 saturated heterocycles. The van der Waals surface area contributed by atoms with Gasteiger partial charge in [-0.3, -0.25) is 0 Å². The zero-order valence-corrected chi connectivity index (χ0v) is 13.0. The SMILES string of the molecule is Cc1ccc(CCC(O)Cc2c(Cl)cccc2Cl)cc1. The predicted octanol–water partition coefficient (Wildman–Crippen LogP) is 4.84. The second kappa shape index (κ2) is 7.12. The van der Waals surface area contributed by atoms with Crippen molar-refractivity contribution >= 4 is 23.2 Å². The minimum absolute atomic E-state index is 0.436. The maximum absolute atomic E-state index is 10.2. The van der Waals surface area contributed by atoms with Gasteiger partial charge >= 0.3 is 0 Å². The Hall–Kier alpha value is -1.02. The fourth-order valence-corrected chi connectivity index (χ4v) is 2.70. The number of aliphatic hydroxyl groups excluding tert-OH is 1. The molecule has 0 heterocycles. The average molecular weight is 309 g/mol. The highest BCUT2D eigenvalue weighted by Gasteiger charge is 2.11. The second-order valence-electron chi connectivity index (χ2n) is 5.08. The Morgan fingerprint density at radius 2 is 1.60 bits per heavy atom. The molecule has 0 spiro atoms. The minimum atomic E-state index is -0.436. The van der Waals surface area contributed by atoms with Crippen LogP contribution in [-0.2, 0) is 12.8 Å². The minimum Gasteiger partial charge on any atom is -0.393 e.